The van der Waals surface area contributed by atoms with Crippen LogP contribution in [0.4, 0.5) is 11.4 Å². The van der Waals surface area contributed by atoms with Crippen LogP contribution in [0.5, 0.6) is 0 Å². The van der Waals surface area contributed by atoms with E-state index in [4.69, 9.17) is 4.74 Å². The molecule has 0 amide bonds. The summed E-state index contributed by atoms with van der Waals surface area (Å²) in [5.41, 5.74) is 5.76. The second-order valence-electron chi connectivity index (χ2n) is 6.48. The number of nitrogens with zero attached hydrogens (tertiary/aromatic N) is 4. The summed E-state index contributed by atoms with van der Waals surface area (Å²) in [6.07, 6.45) is 0. The highest BCUT2D eigenvalue weighted by Crippen LogP contribution is 2.24. The lowest BCUT2D eigenvalue weighted by atomic mass is 10.1. The number of ether oxygens (including phenoxy) is 1. The molecule has 2 aromatic rings. The van der Waals surface area contributed by atoms with Crippen LogP contribution >= 0.6 is 0 Å². The molecule has 0 N–H and O–H groups in total. The maximum absolute atomic E-state index is 9.45. The van der Waals surface area contributed by atoms with E-state index in [1.54, 1.807) is 0 Å². The highest BCUT2D eigenvalue weighted by molar-refractivity contribution is 5.61. The van der Waals surface area contributed by atoms with Gasteiger partial charge in [-0.3, -0.25) is 4.98 Å². The molecule has 0 radical (unpaired) electrons. The molecule has 0 spiro atoms. The number of aryl methyl sites for hydroxylation is 2. The Morgan fingerprint density at radius 3 is 2.52 bits per heavy atom. The average molecular weight is 336 g/mol. The topological polar surface area (TPSA) is 52.4 Å². The molecule has 5 nitrogen and oxygen atoms in total. The molecule has 0 bridgehead atoms. The van der Waals surface area contributed by atoms with Gasteiger partial charge in [-0.05, 0) is 37.6 Å². The van der Waals surface area contributed by atoms with E-state index in [1.165, 1.54) is 11.3 Å². The minimum atomic E-state index is 0.651. The number of benzene rings is 1. The first-order chi connectivity index (χ1) is 12.1. The molecule has 3 rings (SSSR count). The van der Waals surface area contributed by atoms with Crippen molar-refractivity contribution in [2.24, 2.45) is 0 Å². The molecule has 1 aromatic heterocycles. The number of hydrogen-bond donors (Lipinski definition) is 0. The number of aromatic nitrogens is 1. The Labute approximate surface area is 149 Å². The Bertz CT molecular complexity index is 774. The van der Waals surface area contributed by atoms with E-state index in [9.17, 15) is 5.26 Å². The molecular weight excluding hydrogens is 312 g/mol. The van der Waals surface area contributed by atoms with Gasteiger partial charge in [-0.1, -0.05) is 12.1 Å². The summed E-state index contributed by atoms with van der Waals surface area (Å²) in [6.45, 7) is 8.08. The Kier molecular flexibility index (Phi) is 5.20. The van der Waals surface area contributed by atoms with Crippen LogP contribution in [0.2, 0.25) is 0 Å². The normalized spacial score (nSPS) is 14.2. The van der Waals surface area contributed by atoms with Crippen molar-refractivity contribution in [3.05, 3.63) is 52.8 Å². The fourth-order valence-electron chi connectivity index (χ4n) is 3.24. The van der Waals surface area contributed by atoms with Crippen molar-refractivity contribution in [1.82, 2.24) is 4.98 Å². The van der Waals surface area contributed by atoms with Gasteiger partial charge in [-0.2, -0.15) is 5.26 Å². The molecular formula is C20H24N4O. The maximum Gasteiger partial charge on any atom is 0.103 e. The molecule has 0 unspecified atom stereocenters. The summed E-state index contributed by atoms with van der Waals surface area (Å²) < 4.78 is 5.41. The van der Waals surface area contributed by atoms with Crippen molar-refractivity contribution in [3.8, 4) is 6.07 Å². The fraction of sp³-hybridized carbons (Fsp3) is 0.400. The average Bonchev–Trinajstić information content (AvgIpc) is 2.62. The van der Waals surface area contributed by atoms with Crippen molar-refractivity contribution in [2.75, 3.05) is 43.2 Å². The Hall–Kier alpha value is -2.58. The SMILES string of the molecule is Cc1cc(N(C)Cc2ccc(N3CCOCC3)cc2)c(C#N)c(C)n1. The number of rotatable bonds is 4. The number of anilines is 2. The fourth-order valence-corrected chi connectivity index (χ4v) is 3.24. The molecule has 0 aliphatic carbocycles. The first kappa shape index (κ1) is 17.2. The first-order valence-electron chi connectivity index (χ1n) is 8.59. The highest BCUT2D eigenvalue weighted by Gasteiger charge is 2.14. The van der Waals surface area contributed by atoms with Crippen LogP contribution in [-0.2, 0) is 11.3 Å². The number of nitriles is 1. The van der Waals surface area contributed by atoms with Gasteiger partial charge in [0.1, 0.15) is 6.07 Å². The van der Waals surface area contributed by atoms with E-state index in [2.05, 4.69) is 45.1 Å². The van der Waals surface area contributed by atoms with E-state index in [0.29, 0.717) is 5.56 Å². The van der Waals surface area contributed by atoms with Gasteiger partial charge in [0.2, 0.25) is 0 Å². The molecule has 1 aliphatic rings. The van der Waals surface area contributed by atoms with Gasteiger partial charge in [0.25, 0.3) is 0 Å². The van der Waals surface area contributed by atoms with Gasteiger partial charge < -0.3 is 14.5 Å². The minimum absolute atomic E-state index is 0.651. The third-order valence-electron chi connectivity index (χ3n) is 4.56. The second-order valence-corrected chi connectivity index (χ2v) is 6.48. The summed E-state index contributed by atoms with van der Waals surface area (Å²) in [4.78, 5) is 8.86. The molecule has 25 heavy (non-hydrogen) atoms. The molecule has 5 heteroatoms. The smallest absolute Gasteiger partial charge is 0.103 e. The minimum Gasteiger partial charge on any atom is -0.378 e. The predicted octanol–water partition coefficient (Wildman–Crippen LogP) is 3.04. The number of hydrogen-bond acceptors (Lipinski definition) is 5. The number of pyridine rings is 1. The van der Waals surface area contributed by atoms with Crippen LogP contribution in [0.15, 0.2) is 30.3 Å². The van der Waals surface area contributed by atoms with Gasteiger partial charge >= 0.3 is 0 Å². The molecule has 2 heterocycles. The second kappa shape index (κ2) is 7.54. The van der Waals surface area contributed by atoms with Crippen LogP contribution < -0.4 is 9.80 Å². The monoisotopic (exact) mass is 336 g/mol. The predicted molar refractivity (Wildman–Crippen MR) is 100 cm³/mol. The van der Waals surface area contributed by atoms with Crippen molar-refractivity contribution < 1.29 is 4.74 Å². The van der Waals surface area contributed by atoms with E-state index < -0.39 is 0 Å². The number of morpholine rings is 1. The quantitative estimate of drug-likeness (QED) is 0.859. The third-order valence-corrected chi connectivity index (χ3v) is 4.56. The van der Waals surface area contributed by atoms with Gasteiger partial charge in [-0.25, -0.2) is 0 Å². The molecule has 130 valence electrons. The summed E-state index contributed by atoms with van der Waals surface area (Å²) in [7, 11) is 2.02. The zero-order chi connectivity index (χ0) is 17.8. The Morgan fingerprint density at radius 2 is 1.88 bits per heavy atom. The van der Waals surface area contributed by atoms with E-state index in [0.717, 1.165) is 49.9 Å². The van der Waals surface area contributed by atoms with Gasteiger partial charge in [0.05, 0.1) is 30.2 Å². The van der Waals surface area contributed by atoms with Gasteiger partial charge in [0, 0.05) is 38.1 Å². The summed E-state index contributed by atoms with van der Waals surface area (Å²) >= 11 is 0. The zero-order valence-corrected chi connectivity index (χ0v) is 15.1. The molecule has 1 saturated heterocycles. The van der Waals surface area contributed by atoms with Crippen LogP contribution in [0.1, 0.15) is 22.5 Å². The summed E-state index contributed by atoms with van der Waals surface area (Å²) in [6, 6.07) is 12.9. The van der Waals surface area contributed by atoms with Crippen molar-refractivity contribution in [2.45, 2.75) is 20.4 Å². The van der Waals surface area contributed by atoms with Crippen molar-refractivity contribution >= 4 is 11.4 Å². The zero-order valence-electron chi connectivity index (χ0n) is 15.1. The lowest BCUT2D eigenvalue weighted by Crippen LogP contribution is -2.36. The van der Waals surface area contributed by atoms with Crippen LogP contribution in [0.25, 0.3) is 0 Å². The van der Waals surface area contributed by atoms with Crippen LogP contribution in [-0.4, -0.2) is 38.3 Å². The maximum atomic E-state index is 9.45. The third kappa shape index (κ3) is 3.92. The highest BCUT2D eigenvalue weighted by atomic mass is 16.5. The first-order valence-corrected chi connectivity index (χ1v) is 8.59. The largest absolute Gasteiger partial charge is 0.378 e. The lowest BCUT2D eigenvalue weighted by molar-refractivity contribution is 0.122. The van der Waals surface area contributed by atoms with Crippen molar-refractivity contribution in [3.63, 3.8) is 0 Å². The lowest BCUT2D eigenvalue weighted by Gasteiger charge is -2.29. The Morgan fingerprint density at radius 1 is 1.20 bits per heavy atom. The van der Waals surface area contributed by atoms with Crippen molar-refractivity contribution in [1.29, 1.82) is 5.26 Å². The molecule has 1 aliphatic heterocycles. The molecule has 0 atom stereocenters. The summed E-state index contributed by atoms with van der Waals surface area (Å²) in [5, 5.41) is 9.45. The van der Waals surface area contributed by atoms with Gasteiger partial charge in [-0.15, -0.1) is 0 Å². The molecule has 0 saturated carbocycles. The molecule has 1 fully saturated rings. The van der Waals surface area contributed by atoms with E-state index >= 15 is 0 Å². The molecule has 1 aromatic carbocycles. The van der Waals surface area contributed by atoms with Crippen LogP contribution in [0, 0.1) is 25.2 Å². The summed E-state index contributed by atoms with van der Waals surface area (Å²) in [5.74, 6) is 0. The Balaban J connectivity index is 1.75. The van der Waals surface area contributed by atoms with E-state index in [-0.39, 0.29) is 0 Å². The van der Waals surface area contributed by atoms with Crippen LogP contribution in [0.3, 0.4) is 0 Å². The van der Waals surface area contributed by atoms with Gasteiger partial charge in [0.15, 0.2) is 0 Å². The van der Waals surface area contributed by atoms with E-state index in [1.807, 2.05) is 27.0 Å². The standard InChI is InChI=1S/C20H24N4O/c1-15-12-20(19(13-21)16(2)22-15)23(3)14-17-4-6-18(7-5-17)24-8-10-25-11-9-24/h4-7,12H,8-11,14H2,1-3H3.